The Kier molecular flexibility index (Phi) is 3.83. The summed E-state index contributed by atoms with van der Waals surface area (Å²) in [6.45, 7) is 5.50. The minimum Gasteiger partial charge on any atom is -0.258 e. The third kappa shape index (κ3) is 2.41. The highest BCUT2D eigenvalue weighted by molar-refractivity contribution is 5.55. The molecule has 0 aliphatic rings. The van der Waals surface area contributed by atoms with E-state index in [1.807, 2.05) is 19.9 Å². The Hall–Kier alpha value is -2.24. The maximum absolute atomic E-state index is 13.6. The van der Waals surface area contributed by atoms with Crippen LogP contribution < -0.4 is 0 Å². The van der Waals surface area contributed by atoms with E-state index in [1.54, 1.807) is 11.6 Å². The molecule has 0 bridgehead atoms. The number of aromatic nitrogens is 2. The summed E-state index contributed by atoms with van der Waals surface area (Å²) in [5.41, 5.74) is 2.13. The van der Waals surface area contributed by atoms with Gasteiger partial charge in [0.1, 0.15) is 11.5 Å². The first-order valence-corrected chi connectivity index (χ1v) is 6.50. The molecule has 1 aromatic heterocycles. The molecule has 6 heteroatoms. The van der Waals surface area contributed by atoms with Crippen LogP contribution in [0.3, 0.4) is 0 Å². The largest absolute Gasteiger partial charge is 0.297 e. The third-order valence-corrected chi connectivity index (χ3v) is 3.24. The Bertz CT molecular complexity index is 665. The highest BCUT2D eigenvalue weighted by atomic mass is 19.1. The van der Waals surface area contributed by atoms with Gasteiger partial charge in [-0.2, -0.15) is 5.10 Å². The molecule has 0 aliphatic heterocycles. The van der Waals surface area contributed by atoms with Gasteiger partial charge in [0.25, 0.3) is 5.69 Å². The fourth-order valence-corrected chi connectivity index (χ4v) is 2.08. The van der Waals surface area contributed by atoms with Crippen LogP contribution in [0.4, 0.5) is 10.1 Å². The van der Waals surface area contributed by atoms with E-state index in [4.69, 9.17) is 0 Å². The maximum Gasteiger partial charge on any atom is 0.297 e. The number of benzene rings is 1. The van der Waals surface area contributed by atoms with Gasteiger partial charge in [0.2, 0.25) is 0 Å². The Morgan fingerprint density at radius 2 is 2.00 bits per heavy atom. The number of rotatable bonds is 4. The smallest absolute Gasteiger partial charge is 0.258 e. The van der Waals surface area contributed by atoms with Crippen LogP contribution in [0.2, 0.25) is 0 Å². The molecule has 2 aromatic rings. The van der Waals surface area contributed by atoms with Crippen molar-refractivity contribution >= 4 is 5.69 Å². The molecule has 0 atom stereocenters. The molecule has 0 unspecified atom stereocenters. The van der Waals surface area contributed by atoms with E-state index < -0.39 is 10.7 Å². The normalized spacial score (nSPS) is 10.8. The molecule has 2 rings (SSSR count). The van der Waals surface area contributed by atoms with Gasteiger partial charge < -0.3 is 0 Å². The fourth-order valence-electron chi connectivity index (χ4n) is 2.08. The summed E-state index contributed by atoms with van der Waals surface area (Å²) in [6.07, 6.45) is 1.44. The Morgan fingerprint density at radius 3 is 2.55 bits per heavy atom. The highest BCUT2D eigenvalue weighted by Gasteiger charge is 2.21. The number of hydrogen-bond donors (Lipinski definition) is 0. The van der Waals surface area contributed by atoms with Crippen LogP contribution in [-0.4, -0.2) is 14.7 Å². The minimum absolute atomic E-state index is 0.270. The Morgan fingerprint density at radius 1 is 1.30 bits per heavy atom. The molecule has 0 saturated heterocycles. The van der Waals surface area contributed by atoms with E-state index in [-0.39, 0.29) is 5.69 Å². The summed E-state index contributed by atoms with van der Waals surface area (Å²) >= 11 is 0. The topological polar surface area (TPSA) is 61.0 Å². The molecule has 106 valence electrons. The molecule has 1 aromatic carbocycles. The van der Waals surface area contributed by atoms with Gasteiger partial charge in [0.05, 0.1) is 16.7 Å². The van der Waals surface area contributed by atoms with Gasteiger partial charge in [-0.05, 0) is 37.5 Å². The lowest BCUT2D eigenvalue weighted by Crippen LogP contribution is -2.06. The van der Waals surface area contributed by atoms with Crippen LogP contribution in [0.25, 0.3) is 5.69 Å². The zero-order valence-electron chi connectivity index (χ0n) is 11.7. The molecular formula is C14H16FN3O2. The Labute approximate surface area is 116 Å². The predicted molar refractivity (Wildman–Crippen MR) is 73.7 cm³/mol. The molecule has 20 heavy (non-hydrogen) atoms. The second kappa shape index (κ2) is 5.40. The first-order chi connectivity index (χ1) is 9.47. The summed E-state index contributed by atoms with van der Waals surface area (Å²) in [5.74, 6) is -0.582. The van der Waals surface area contributed by atoms with E-state index >= 15 is 0 Å². The molecule has 0 saturated carbocycles. The molecule has 0 aliphatic carbocycles. The number of aryl methyl sites for hydroxylation is 3. The van der Waals surface area contributed by atoms with E-state index in [9.17, 15) is 14.5 Å². The highest BCUT2D eigenvalue weighted by Crippen LogP contribution is 2.27. The van der Waals surface area contributed by atoms with Crippen LogP contribution in [-0.2, 0) is 12.8 Å². The molecular weight excluding hydrogens is 261 g/mol. The van der Waals surface area contributed by atoms with Crippen molar-refractivity contribution in [3.05, 3.63) is 51.1 Å². The number of nitrogens with zero attached hydrogens (tertiary/aromatic N) is 3. The van der Waals surface area contributed by atoms with E-state index in [2.05, 4.69) is 5.10 Å². The van der Waals surface area contributed by atoms with Crippen molar-refractivity contribution < 1.29 is 9.31 Å². The molecule has 0 N–H and O–H groups in total. The van der Waals surface area contributed by atoms with E-state index in [0.717, 1.165) is 23.9 Å². The first kappa shape index (κ1) is 14.2. The van der Waals surface area contributed by atoms with Gasteiger partial charge in [-0.3, -0.25) is 10.1 Å². The maximum atomic E-state index is 13.6. The zero-order valence-corrected chi connectivity index (χ0v) is 11.7. The molecule has 0 spiro atoms. The lowest BCUT2D eigenvalue weighted by atomic mass is 10.1. The monoisotopic (exact) mass is 277 g/mol. The molecule has 5 nitrogen and oxygen atoms in total. The second-order valence-electron chi connectivity index (χ2n) is 4.59. The predicted octanol–water partition coefficient (Wildman–Crippen LogP) is 3.35. The quantitative estimate of drug-likeness (QED) is 0.636. The lowest BCUT2D eigenvalue weighted by Gasteiger charge is -2.08. The van der Waals surface area contributed by atoms with Gasteiger partial charge in [-0.15, -0.1) is 0 Å². The van der Waals surface area contributed by atoms with Gasteiger partial charge in [0.15, 0.2) is 0 Å². The average molecular weight is 277 g/mol. The summed E-state index contributed by atoms with van der Waals surface area (Å²) in [6, 6.07) is 4.35. The average Bonchev–Trinajstić information content (AvgIpc) is 2.84. The van der Waals surface area contributed by atoms with Crippen molar-refractivity contribution in [2.75, 3.05) is 0 Å². The second-order valence-corrected chi connectivity index (χ2v) is 4.59. The zero-order chi connectivity index (χ0) is 14.9. The van der Waals surface area contributed by atoms with Crippen molar-refractivity contribution in [1.82, 2.24) is 9.78 Å². The number of nitro groups is 1. The number of halogens is 1. The molecule has 0 amide bonds. The summed E-state index contributed by atoms with van der Waals surface area (Å²) in [5, 5.41) is 15.5. The van der Waals surface area contributed by atoms with Gasteiger partial charge in [-0.1, -0.05) is 13.8 Å². The van der Waals surface area contributed by atoms with Crippen molar-refractivity contribution in [1.29, 1.82) is 0 Å². The van der Waals surface area contributed by atoms with Crippen molar-refractivity contribution in [3.8, 4) is 5.69 Å². The minimum atomic E-state index is -0.582. The molecule has 0 radical (unpaired) electrons. The SMILES string of the molecule is CCc1cc(CC)n(-c2cc(C)c(F)cc2[N+](=O)[O-])n1. The molecule has 1 heterocycles. The van der Waals surface area contributed by atoms with Crippen LogP contribution in [0.1, 0.15) is 30.8 Å². The third-order valence-electron chi connectivity index (χ3n) is 3.24. The first-order valence-electron chi connectivity index (χ1n) is 6.50. The van der Waals surface area contributed by atoms with Gasteiger partial charge in [-0.25, -0.2) is 9.07 Å². The van der Waals surface area contributed by atoms with E-state index in [0.29, 0.717) is 17.7 Å². The summed E-state index contributed by atoms with van der Waals surface area (Å²) in [4.78, 5) is 10.6. The van der Waals surface area contributed by atoms with Crippen LogP contribution in [0, 0.1) is 22.9 Å². The van der Waals surface area contributed by atoms with Gasteiger partial charge in [0, 0.05) is 5.69 Å². The van der Waals surface area contributed by atoms with Crippen molar-refractivity contribution in [2.24, 2.45) is 0 Å². The lowest BCUT2D eigenvalue weighted by molar-refractivity contribution is -0.384. The van der Waals surface area contributed by atoms with Crippen molar-refractivity contribution in [2.45, 2.75) is 33.6 Å². The van der Waals surface area contributed by atoms with Crippen LogP contribution in [0.15, 0.2) is 18.2 Å². The summed E-state index contributed by atoms with van der Waals surface area (Å²) in [7, 11) is 0. The fraction of sp³-hybridized carbons (Fsp3) is 0.357. The molecule has 0 fully saturated rings. The standard InChI is InChI=1S/C14H16FN3O2/c1-4-10-7-11(5-2)17(16-10)13-6-9(3)12(15)8-14(13)18(19)20/h6-8H,4-5H2,1-3H3. The van der Waals surface area contributed by atoms with E-state index in [1.165, 1.54) is 6.07 Å². The summed E-state index contributed by atoms with van der Waals surface area (Å²) < 4.78 is 15.1. The Balaban J connectivity index is 2.71. The van der Waals surface area contributed by atoms with Crippen molar-refractivity contribution in [3.63, 3.8) is 0 Å². The number of nitro benzene ring substituents is 1. The van der Waals surface area contributed by atoms with Crippen LogP contribution in [0.5, 0.6) is 0 Å². The number of hydrogen-bond acceptors (Lipinski definition) is 3. The van der Waals surface area contributed by atoms with Crippen LogP contribution >= 0.6 is 0 Å². The van der Waals surface area contributed by atoms with Gasteiger partial charge >= 0.3 is 0 Å².